The van der Waals surface area contributed by atoms with Gasteiger partial charge in [0.1, 0.15) is 0 Å². The van der Waals surface area contributed by atoms with Gasteiger partial charge in [0.05, 0.1) is 5.69 Å². The number of halogens is 2. The molecular weight excluding hydrogens is 380 g/mol. The maximum atomic E-state index is 3.86. The van der Waals surface area contributed by atoms with Gasteiger partial charge in [-0.25, -0.2) is 0 Å². The maximum Gasteiger partial charge on any atom is 0.0655 e. The van der Waals surface area contributed by atoms with Crippen molar-refractivity contribution in [1.82, 2.24) is 5.32 Å². The summed E-state index contributed by atoms with van der Waals surface area (Å²) in [6.07, 6.45) is 8.02. The van der Waals surface area contributed by atoms with Crippen molar-refractivity contribution in [2.45, 2.75) is 44.1 Å². The number of rotatable bonds is 1. The third kappa shape index (κ3) is 3.07. The van der Waals surface area contributed by atoms with Crippen molar-refractivity contribution in [1.29, 1.82) is 0 Å². The molecule has 20 heavy (non-hydrogen) atoms. The molecule has 110 valence electrons. The molecule has 1 aliphatic carbocycles. The van der Waals surface area contributed by atoms with Crippen LogP contribution in [0.1, 0.15) is 38.5 Å². The Morgan fingerprint density at radius 1 is 1.00 bits per heavy atom. The molecule has 0 amide bonds. The van der Waals surface area contributed by atoms with Gasteiger partial charge in [-0.05, 0) is 69.8 Å². The van der Waals surface area contributed by atoms with Crippen molar-refractivity contribution in [2.75, 3.05) is 24.5 Å². The molecule has 1 aromatic rings. The summed E-state index contributed by atoms with van der Waals surface area (Å²) in [4.78, 5) is 2.57. The van der Waals surface area contributed by atoms with Gasteiger partial charge in [-0.15, -0.1) is 0 Å². The highest BCUT2D eigenvalue weighted by Crippen LogP contribution is 2.38. The zero-order chi connectivity index (χ0) is 14.0. The van der Waals surface area contributed by atoms with Crippen LogP contribution in [0.4, 0.5) is 5.69 Å². The summed E-state index contributed by atoms with van der Waals surface area (Å²) in [5.74, 6) is 0. The number of benzene rings is 1. The van der Waals surface area contributed by atoms with Crippen molar-refractivity contribution in [2.24, 2.45) is 0 Å². The van der Waals surface area contributed by atoms with E-state index in [1.165, 1.54) is 53.2 Å². The van der Waals surface area contributed by atoms with E-state index in [-0.39, 0.29) is 0 Å². The highest BCUT2D eigenvalue weighted by atomic mass is 79.9. The molecule has 1 aromatic carbocycles. The summed E-state index contributed by atoms with van der Waals surface area (Å²) >= 11 is 7.46. The van der Waals surface area contributed by atoms with Crippen molar-refractivity contribution < 1.29 is 0 Å². The molecule has 1 saturated heterocycles. The number of nitrogens with one attached hydrogen (secondary N) is 1. The molecule has 1 spiro atoms. The minimum Gasteiger partial charge on any atom is -0.368 e. The molecule has 2 fully saturated rings. The lowest BCUT2D eigenvalue weighted by Gasteiger charge is -2.41. The first-order chi connectivity index (χ1) is 9.70. The molecule has 3 rings (SSSR count). The first-order valence-corrected chi connectivity index (χ1v) is 9.23. The lowest BCUT2D eigenvalue weighted by atomic mass is 9.81. The Morgan fingerprint density at radius 2 is 1.70 bits per heavy atom. The first kappa shape index (κ1) is 14.9. The van der Waals surface area contributed by atoms with Crippen LogP contribution in [0.2, 0.25) is 0 Å². The fourth-order valence-electron chi connectivity index (χ4n) is 3.67. The van der Waals surface area contributed by atoms with E-state index in [2.05, 4.69) is 60.3 Å². The van der Waals surface area contributed by atoms with Crippen molar-refractivity contribution in [3.63, 3.8) is 0 Å². The summed E-state index contributed by atoms with van der Waals surface area (Å²) in [6.45, 7) is 3.42. The molecule has 0 aromatic heterocycles. The second kappa shape index (κ2) is 6.37. The van der Waals surface area contributed by atoms with Crippen LogP contribution >= 0.6 is 31.9 Å². The molecule has 0 bridgehead atoms. The van der Waals surface area contributed by atoms with E-state index >= 15 is 0 Å². The maximum absolute atomic E-state index is 3.86. The molecule has 2 aliphatic rings. The van der Waals surface area contributed by atoms with Crippen LogP contribution in [0, 0.1) is 0 Å². The predicted octanol–water partition coefficient (Wildman–Crippen LogP) is 4.71. The summed E-state index contributed by atoms with van der Waals surface area (Å²) in [5.41, 5.74) is 1.66. The number of hydrogen-bond acceptors (Lipinski definition) is 2. The van der Waals surface area contributed by atoms with E-state index in [1.54, 1.807) is 0 Å². The summed E-state index contributed by atoms with van der Waals surface area (Å²) in [6, 6.07) is 6.38. The fraction of sp³-hybridized carbons (Fsp3) is 0.625. The largest absolute Gasteiger partial charge is 0.368 e. The quantitative estimate of drug-likeness (QED) is 0.732. The second-order valence-corrected chi connectivity index (χ2v) is 7.82. The fourth-order valence-corrected chi connectivity index (χ4v) is 5.17. The normalized spacial score (nSPS) is 22.8. The monoisotopic (exact) mass is 400 g/mol. The molecule has 1 saturated carbocycles. The van der Waals surface area contributed by atoms with Gasteiger partial charge in [-0.1, -0.05) is 25.3 Å². The van der Waals surface area contributed by atoms with Gasteiger partial charge in [0.15, 0.2) is 0 Å². The topological polar surface area (TPSA) is 15.3 Å². The van der Waals surface area contributed by atoms with E-state index < -0.39 is 0 Å². The molecule has 1 heterocycles. The van der Waals surface area contributed by atoms with E-state index in [0.717, 1.165) is 19.6 Å². The Bertz CT molecular complexity index is 449. The predicted molar refractivity (Wildman–Crippen MR) is 92.5 cm³/mol. The Kier molecular flexibility index (Phi) is 4.73. The van der Waals surface area contributed by atoms with Gasteiger partial charge in [0.2, 0.25) is 0 Å². The van der Waals surface area contributed by atoms with Gasteiger partial charge in [0, 0.05) is 27.6 Å². The molecule has 0 radical (unpaired) electrons. The third-order valence-corrected chi connectivity index (χ3v) is 5.94. The van der Waals surface area contributed by atoms with Gasteiger partial charge in [-0.2, -0.15) is 0 Å². The van der Waals surface area contributed by atoms with Crippen LogP contribution in [0.15, 0.2) is 27.1 Å². The second-order valence-electron chi connectivity index (χ2n) is 6.11. The molecule has 1 aliphatic heterocycles. The minimum absolute atomic E-state index is 0.337. The van der Waals surface area contributed by atoms with Crippen LogP contribution in [0.25, 0.3) is 0 Å². The van der Waals surface area contributed by atoms with Gasteiger partial charge >= 0.3 is 0 Å². The van der Waals surface area contributed by atoms with Crippen molar-refractivity contribution >= 4 is 37.5 Å². The minimum atomic E-state index is 0.337. The molecular formula is C16H22Br2N2. The Labute approximate surface area is 138 Å². The Balaban J connectivity index is 1.88. The number of para-hydroxylation sites is 1. The van der Waals surface area contributed by atoms with Crippen LogP contribution in [0.3, 0.4) is 0 Å². The average Bonchev–Trinajstić information content (AvgIpc) is 2.63. The Morgan fingerprint density at radius 3 is 2.40 bits per heavy atom. The summed E-state index contributed by atoms with van der Waals surface area (Å²) in [7, 11) is 0. The highest BCUT2D eigenvalue weighted by molar-refractivity contribution is 9.11. The molecule has 0 unspecified atom stereocenters. The zero-order valence-corrected chi connectivity index (χ0v) is 15.0. The van der Waals surface area contributed by atoms with Crippen LogP contribution in [0.5, 0.6) is 0 Å². The summed E-state index contributed by atoms with van der Waals surface area (Å²) < 4.78 is 2.39. The standard InChI is InChI=1S/C16H22Br2N2/c17-13-6-4-7-14(18)15(13)20-11-5-10-19-16(12-20)8-2-1-3-9-16/h4,6-7,19H,1-3,5,8-12H2. The van der Waals surface area contributed by atoms with Crippen molar-refractivity contribution in [3.8, 4) is 0 Å². The van der Waals surface area contributed by atoms with Crippen LogP contribution in [-0.4, -0.2) is 25.2 Å². The molecule has 4 heteroatoms. The molecule has 1 N–H and O–H groups in total. The lowest BCUT2D eigenvalue weighted by molar-refractivity contribution is 0.246. The van der Waals surface area contributed by atoms with Gasteiger partial charge in [-0.3, -0.25) is 0 Å². The van der Waals surface area contributed by atoms with E-state index in [4.69, 9.17) is 0 Å². The van der Waals surface area contributed by atoms with Gasteiger partial charge < -0.3 is 10.2 Å². The molecule has 0 atom stereocenters. The van der Waals surface area contributed by atoms with Crippen molar-refractivity contribution in [3.05, 3.63) is 27.1 Å². The number of anilines is 1. The number of hydrogen-bond donors (Lipinski definition) is 1. The van der Waals surface area contributed by atoms with E-state index in [9.17, 15) is 0 Å². The summed E-state index contributed by atoms with van der Waals surface area (Å²) in [5, 5.41) is 3.86. The lowest BCUT2D eigenvalue weighted by Crippen LogP contribution is -2.52. The van der Waals surface area contributed by atoms with Crippen LogP contribution in [-0.2, 0) is 0 Å². The average molecular weight is 402 g/mol. The SMILES string of the molecule is Brc1cccc(Br)c1N1CCCNC2(CCCCC2)C1. The van der Waals surface area contributed by atoms with E-state index in [0.29, 0.717) is 5.54 Å². The highest BCUT2D eigenvalue weighted by Gasteiger charge is 2.35. The van der Waals surface area contributed by atoms with Gasteiger partial charge in [0.25, 0.3) is 0 Å². The first-order valence-electron chi connectivity index (χ1n) is 7.64. The Hall–Kier alpha value is -0.0600. The zero-order valence-electron chi connectivity index (χ0n) is 11.8. The van der Waals surface area contributed by atoms with Crippen LogP contribution < -0.4 is 10.2 Å². The smallest absolute Gasteiger partial charge is 0.0655 e. The molecule has 2 nitrogen and oxygen atoms in total. The third-order valence-electron chi connectivity index (χ3n) is 4.66. The van der Waals surface area contributed by atoms with E-state index in [1.807, 2.05) is 0 Å². The number of nitrogens with zero attached hydrogens (tertiary/aromatic N) is 1.